The van der Waals surface area contributed by atoms with Crippen LogP contribution in [-0.4, -0.2) is 69.6 Å². The lowest BCUT2D eigenvalue weighted by Gasteiger charge is -2.27. The van der Waals surface area contributed by atoms with E-state index in [0.717, 1.165) is 56.0 Å². The molecular weight excluding hydrogens is 497 g/mol. The normalized spacial score (nSPS) is 16.3. The standard InChI is InChI=1S/C29H30FN7O2/c30-22-6-4-20(5-7-22)26-27(37(19-34-26)23-8-11-31-12-9-23)25-10-13-33-29(35-25)39-24-3-1-2-21(18-24)28(38)36-16-14-32-15-17-36/h1-7,10,13,18-19,23,31-32H,8-9,11-12,14-17H2. The number of carbonyl (C=O) groups is 1. The molecule has 1 amide bonds. The number of carbonyl (C=O) groups excluding carboxylic acids is 1. The monoisotopic (exact) mass is 527 g/mol. The molecule has 10 heteroatoms. The highest BCUT2D eigenvalue weighted by Gasteiger charge is 2.24. The summed E-state index contributed by atoms with van der Waals surface area (Å²) in [6.45, 7) is 4.78. The summed E-state index contributed by atoms with van der Waals surface area (Å²) in [5.74, 6) is 0.165. The van der Waals surface area contributed by atoms with Crippen molar-refractivity contribution in [3.05, 3.63) is 78.5 Å². The van der Waals surface area contributed by atoms with Gasteiger partial charge in [0.1, 0.15) is 11.6 Å². The van der Waals surface area contributed by atoms with E-state index >= 15 is 0 Å². The third-order valence-electron chi connectivity index (χ3n) is 7.18. The van der Waals surface area contributed by atoms with Gasteiger partial charge in [-0.3, -0.25) is 4.79 Å². The molecule has 0 unspecified atom stereocenters. The summed E-state index contributed by atoms with van der Waals surface area (Å²) in [6, 6.07) is 15.7. The van der Waals surface area contributed by atoms with Gasteiger partial charge in [-0.1, -0.05) is 6.07 Å². The third-order valence-corrected chi connectivity index (χ3v) is 7.18. The van der Waals surface area contributed by atoms with Crippen molar-refractivity contribution < 1.29 is 13.9 Å². The number of nitrogens with one attached hydrogen (secondary N) is 2. The molecule has 39 heavy (non-hydrogen) atoms. The molecule has 4 heterocycles. The smallest absolute Gasteiger partial charge is 0.322 e. The van der Waals surface area contributed by atoms with E-state index in [1.54, 1.807) is 42.6 Å². The van der Waals surface area contributed by atoms with Crippen LogP contribution in [0.25, 0.3) is 22.6 Å². The maximum absolute atomic E-state index is 13.7. The van der Waals surface area contributed by atoms with Crippen molar-refractivity contribution in [3.8, 4) is 34.4 Å². The molecule has 2 N–H and O–H groups in total. The number of piperidine rings is 1. The number of amides is 1. The van der Waals surface area contributed by atoms with E-state index in [0.29, 0.717) is 30.1 Å². The molecule has 0 spiro atoms. The fraction of sp³-hybridized carbons (Fsp3) is 0.310. The lowest BCUT2D eigenvalue weighted by Crippen LogP contribution is -2.46. The maximum Gasteiger partial charge on any atom is 0.322 e. The summed E-state index contributed by atoms with van der Waals surface area (Å²) < 4.78 is 21.9. The van der Waals surface area contributed by atoms with Crippen molar-refractivity contribution in [1.82, 2.24) is 35.1 Å². The first kappa shape index (κ1) is 25.1. The average molecular weight is 528 g/mol. The number of piperazine rings is 1. The number of ether oxygens (including phenoxy) is 1. The molecule has 2 aliphatic heterocycles. The Morgan fingerprint density at radius 2 is 1.72 bits per heavy atom. The minimum Gasteiger partial charge on any atom is -0.424 e. The van der Waals surface area contributed by atoms with Gasteiger partial charge in [-0.05, 0) is 74.5 Å². The highest BCUT2D eigenvalue weighted by atomic mass is 19.1. The van der Waals surface area contributed by atoms with Gasteiger partial charge >= 0.3 is 6.01 Å². The van der Waals surface area contributed by atoms with E-state index in [9.17, 15) is 9.18 Å². The van der Waals surface area contributed by atoms with Crippen LogP contribution in [0.3, 0.4) is 0 Å². The van der Waals surface area contributed by atoms with Gasteiger partial charge in [0.2, 0.25) is 0 Å². The van der Waals surface area contributed by atoms with E-state index in [1.165, 1.54) is 12.1 Å². The summed E-state index contributed by atoms with van der Waals surface area (Å²) in [5.41, 5.74) is 3.58. The number of benzene rings is 2. The molecule has 0 bridgehead atoms. The zero-order chi connectivity index (χ0) is 26.6. The Morgan fingerprint density at radius 1 is 0.949 bits per heavy atom. The molecule has 9 nitrogen and oxygen atoms in total. The number of hydrogen-bond acceptors (Lipinski definition) is 7. The minimum absolute atomic E-state index is 0.0218. The lowest BCUT2D eigenvalue weighted by atomic mass is 10.0. The van der Waals surface area contributed by atoms with Crippen LogP contribution in [-0.2, 0) is 0 Å². The molecule has 0 saturated carbocycles. The van der Waals surface area contributed by atoms with E-state index < -0.39 is 0 Å². The van der Waals surface area contributed by atoms with Gasteiger partial charge in [0.05, 0.1) is 23.4 Å². The Labute approximate surface area is 226 Å². The van der Waals surface area contributed by atoms with Crippen LogP contribution >= 0.6 is 0 Å². The molecule has 6 rings (SSSR count). The first-order valence-electron chi connectivity index (χ1n) is 13.3. The SMILES string of the molecule is O=C(c1cccc(Oc2nccc(-c3c(-c4ccc(F)cc4)ncn3C3CCNCC3)n2)c1)N1CCNCC1. The Hall–Kier alpha value is -4.15. The van der Waals surface area contributed by atoms with Crippen LogP contribution in [0.5, 0.6) is 11.8 Å². The van der Waals surface area contributed by atoms with Crippen molar-refractivity contribution in [3.63, 3.8) is 0 Å². The molecule has 2 aromatic carbocycles. The van der Waals surface area contributed by atoms with Gasteiger partial charge < -0.3 is 24.8 Å². The second kappa shape index (κ2) is 11.3. The van der Waals surface area contributed by atoms with Crippen LogP contribution in [0.4, 0.5) is 4.39 Å². The number of rotatable bonds is 6. The number of aromatic nitrogens is 4. The Bertz CT molecular complexity index is 1440. The topological polar surface area (TPSA) is 97.2 Å². The van der Waals surface area contributed by atoms with Gasteiger partial charge in [0.15, 0.2) is 0 Å². The predicted octanol–water partition coefficient (Wildman–Crippen LogP) is 3.91. The molecule has 0 aliphatic carbocycles. The van der Waals surface area contributed by atoms with Gasteiger partial charge in [0.25, 0.3) is 5.91 Å². The van der Waals surface area contributed by atoms with Gasteiger partial charge in [-0.25, -0.2) is 14.4 Å². The Balaban J connectivity index is 1.32. The third kappa shape index (κ3) is 5.52. The van der Waals surface area contributed by atoms with E-state index in [-0.39, 0.29) is 23.8 Å². The summed E-state index contributed by atoms with van der Waals surface area (Å²) in [4.78, 5) is 28.6. The first-order chi connectivity index (χ1) is 19.2. The predicted molar refractivity (Wildman–Crippen MR) is 145 cm³/mol. The number of hydrogen-bond donors (Lipinski definition) is 2. The molecule has 200 valence electrons. The summed E-state index contributed by atoms with van der Waals surface area (Å²) in [5, 5.41) is 6.67. The zero-order valence-corrected chi connectivity index (χ0v) is 21.5. The molecule has 0 radical (unpaired) electrons. The average Bonchev–Trinajstić information content (AvgIpc) is 3.44. The molecular formula is C29H30FN7O2. The molecule has 2 saturated heterocycles. The number of nitrogens with zero attached hydrogens (tertiary/aromatic N) is 5. The lowest BCUT2D eigenvalue weighted by molar-refractivity contribution is 0.0735. The zero-order valence-electron chi connectivity index (χ0n) is 21.5. The van der Waals surface area contributed by atoms with Gasteiger partial charge in [0, 0.05) is 49.5 Å². The molecule has 4 aromatic rings. The maximum atomic E-state index is 13.7. The van der Waals surface area contributed by atoms with Crippen molar-refractivity contribution in [2.24, 2.45) is 0 Å². The molecule has 0 atom stereocenters. The minimum atomic E-state index is -0.298. The van der Waals surface area contributed by atoms with Gasteiger partial charge in [-0.2, -0.15) is 4.98 Å². The fourth-order valence-electron chi connectivity index (χ4n) is 5.17. The van der Waals surface area contributed by atoms with E-state index in [2.05, 4.69) is 20.2 Å². The molecule has 2 fully saturated rings. The fourth-order valence-corrected chi connectivity index (χ4v) is 5.17. The Morgan fingerprint density at radius 3 is 2.51 bits per heavy atom. The second-order valence-electron chi connectivity index (χ2n) is 9.73. The summed E-state index contributed by atoms with van der Waals surface area (Å²) in [6.07, 6.45) is 5.43. The van der Waals surface area contributed by atoms with Crippen molar-refractivity contribution in [1.29, 1.82) is 0 Å². The van der Waals surface area contributed by atoms with E-state index in [4.69, 9.17) is 14.7 Å². The summed E-state index contributed by atoms with van der Waals surface area (Å²) in [7, 11) is 0. The highest BCUT2D eigenvalue weighted by Crippen LogP contribution is 2.35. The Kier molecular flexibility index (Phi) is 7.29. The molecule has 2 aliphatic rings. The van der Waals surface area contributed by atoms with Crippen molar-refractivity contribution in [2.45, 2.75) is 18.9 Å². The number of halogens is 1. The van der Waals surface area contributed by atoms with Gasteiger partial charge in [-0.15, -0.1) is 0 Å². The largest absolute Gasteiger partial charge is 0.424 e. The van der Waals surface area contributed by atoms with Crippen LogP contribution in [0.1, 0.15) is 29.2 Å². The van der Waals surface area contributed by atoms with Crippen LogP contribution in [0, 0.1) is 5.82 Å². The van der Waals surface area contributed by atoms with Crippen molar-refractivity contribution >= 4 is 5.91 Å². The molecule has 2 aromatic heterocycles. The van der Waals surface area contributed by atoms with E-state index in [1.807, 2.05) is 17.3 Å². The highest BCUT2D eigenvalue weighted by molar-refractivity contribution is 5.94. The first-order valence-corrected chi connectivity index (χ1v) is 13.3. The second-order valence-corrected chi connectivity index (χ2v) is 9.73. The quantitative estimate of drug-likeness (QED) is 0.393. The van der Waals surface area contributed by atoms with Crippen LogP contribution in [0.2, 0.25) is 0 Å². The van der Waals surface area contributed by atoms with Crippen molar-refractivity contribution in [2.75, 3.05) is 39.3 Å². The van der Waals surface area contributed by atoms with Crippen LogP contribution < -0.4 is 15.4 Å². The summed E-state index contributed by atoms with van der Waals surface area (Å²) >= 11 is 0. The van der Waals surface area contributed by atoms with Crippen LogP contribution in [0.15, 0.2) is 67.1 Å². The number of imidazole rings is 1.